The van der Waals surface area contributed by atoms with Gasteiger partial charge >= 0.3 is 23.6 Å². The summed E-state index contributed by atoms with van der Waals surface area (Å²) >= 11 is 0. The van der Waals surface area contributed by atoms with Crippen molar-refractivity contribution < 1.29 is 41.9 Å². The number of halogens is 3. The lowest BCUT2D eigenvalue weighted by molar-refractivity contribution is -0.881. The van der Waals surface area contributed by atoms with Gasteiger partial charge in [0.15, 0.2) is 0 Å². The van der Waals surface area contributed by atoms with Gasteiger partial charge in [-0.3, -0.25) is 15.0 Å². The average Bonchev–Trinajstić information content (AvgIpc) is 3.09. The van der Waals surface area contributed by atoms with Crippen LogP contribution in [-0.2, 0) is 9.53 Å². The number of carbonyl (C=O) groups is 1. The van der Waals surface area contributed by atoms with Gasteiger partial charge in [0, 0.05) is 18.2 Å². The van der Waals surface area contributed by atoms with Gasteiger partial charge in [-0.05, 0) is 23.3 Å². The molecule has 0 amide bonds. The Labute approximate surface area is 168 Å². The molecule has 164 valence electrons. The highest BCUT2D eigenvalue weighted by Crippen LogP contribution is 2.21. The molecular formula is C17H22F3N5O5+2. The topological polar surface area (TPSA) is 114 Å². The van der Waals surface area contributed by atoms with Crippen molar-refractivity contribution in [2.45, 2.75) is 25.1 Å². The third-order valence-electron chi connectivity index (χ3n) is 4.60. The van der Waals surface area contributed by atoms with Crippen molar-refractivity contribution in [2.24, 2.45) is 0 Å². The highest BCUT2D eigenvalue weighted by molar-refractivity contribution is 5.70. The van der Waals surface area contributed by atoms with E-state index >= 15 is 0 Å². The van der Waals surface area contributed by atoms with Crippen LogP contribution >= 0.6 is 0 Å². The summed E-state index contributed by atoms with van der Waals surface area (Å²) in [6.07, 6.45) is -4.65. The molecule has 1 aromatic heterocycles. The Morgan fingerprint density at radius 2 is 2.17 bits per heavy atom. The van der Waals surface area contributed by atoms with Crippen LogP contribution in [0.5, 0.6) is 5.75 Å². The summed E-state index contributed by atoms with van der Waals surface area (Å²) in [5.74, 6) is -0.219. The third-order valence-corrected chi connectivity index (χ3v) is 4.60. The largest absolute Gasteiger partial charge is 0.496 e. The minimum atomic E-state index is -4.29. The molecule has 0 bridgehead atoms. The number of benzene rings is 1. The number of methoxy groups -OCH3 is 1. The highest BCUT2D eigenvalue weighted by atomic mass is 19.4. The zero-order chi connectivity index (χ0) is 21.9. The van der Waals surface area contributed by atoms with E-state index in [2.05, 4.69) is 10.4 Å². The predicted molar refractivity (Wildman–Crippen MR) is 95.7 cm³/mol. The predicted octanol–water partition coefficient (Wildman–Crippen LogP) is 0.598. The molecule has 30 heavy (non-hydrogen) atoms. The molecule has 1 aromatic carbocycles. The molecule has 13 heteroatoms. The fourth-order valence-electron chi connectivity index (χ4n) is 3.23. The molecule has 10 nitrogen and oxygen atoms in total. The van der Waals surface area contributed by atoms with Gasteiger partial charge in [0.05, 0.1) is 37.6 Å². The molecule has 1 aliphatic heterocycles. The quantitative estimate of drug-likeness (QED) is 0.333. The lowest BCUT2D eigenvalue weighted by Crippen LogP contribution is -2.42. The minimum Gasteiger partial charge on any atom is -0.496 e. The number of nitrogens with one attached hydrogen (secondary N) is 2. The zero-order valence-corrected chi connectivity index (χ0v) is 16.1. The van der Waals surface area contributed by atoms with Gasteiger partial charge in [-0.2, -0.15) is 13.2 Å². The van der Waals surface area contributed by atoms with Gasteiger partial charge in [0.1, 0.15) is 11.9 Å². The summed E-state index contributed by atoms with van der Waals surface area (Å²) < 4.78 is 48.6. The first kappa shape index (κ1) is 21.6. The Balaban J connectivity index is 1.53. The standard InChI is InChI=1S/C17H21F3N5O5/c1-29-11-2-3-13-14(8-11)25(28)22-16(24(13)27)21-6-4-15(26)30-12-5-7-23(9-12)10-17(18,19)20/h2-3,8,12,27H,4-7,9-10H2,1H3,(H,21,22,28)/q+1/p+1. The molecule has 1 unspecified atom stereocenters. The van der Waals surface area contributed by atoms with E-state index in [1.54, 1.807) is 6.07 Å². The van der Waals surface area contributed by atoms with E-state index in [0.717, 1.165) is 4.73 Å². The van der Waals surface area contributed by atoms with Crippen molar-refractivity contribution >= 4 is 23.0 Å². The first-order valence-corrected chi connectivity index (χ1v) is 9.16. The van der Waals surface area contributed by atoms with Gasteiger partial charge in [-0.1, -0.05) is 0 Å². The Morgan fingerprint density at radius 1 is 1.40 bits per heavy atom. The van der Waals surface area contributed by atoms with Gasteiger partial charge in [0.2, 0.25) is 10.1 Å². The number of carbonyl (C=O) groups excluding carboxylic acids is 1. The fourth-order valence-corrected chi connectivity index (χ4v) is 3.23. The highest BCUT2D eigenvalue weighted by Gasteiger charge is 2.35. The number of hydrogen-bond acceptors (Lipinski definition) is 7. The molecule has 3 rings (SSSR count). The monoisotopic (exact) mass is 433 g/mol. The van der Waals surface area contributed by atoms with E-state index in [4.69, 9.17) is 9.47 Å². The van der Waals surface area contributed by atoms with E-state index in [9.17, 15) is 28.1 Å². The van der Waals surface area contributed by atoms with Gasteiger partial charge in [-0.15, -0.1) is 0 Å². The molecule has 0 spiro atoms. The van der Waals surface area contributed by atoms with E-state index in [1.807, 2.05) is 0 Å². The van der Waals surface area contributed by atoms with E-state index in [1.165, 1.54) is 24.1 Å². The van der Waals surface area contributed by atoms with Gasteiger partial charge in [0.25, 0.3) is 0 Å². The van der Waals surface area contributed by atoms with Crippen LogP contribution in [0.25, 0.3) is 11.0 Å². The molecule has 3 N–H and O–H groups in total. The number of alkyl halides is 3. The molecule has 0 aliphatic carbocycles. The Kier molecular flexibility index (Phi) is 6.29. The van der Waals surface area contributed by atoms with Crippen LogP contribution in [0.2, 0.25) is 0 Å². The number of anilines is 1. The molecule has 0 radical (unpaired) electrons. The smallest absolute Gasteiger partial charge is 0.449 e. The number of ether oxygens (including phenoxy) is 2. The van der Waals surface area contributed by atoms with E-state index in [-0.39, 0.29) is 43.0 Å². The number of rotatable bonds is 7. The second kappa shape index (κ2) is 8.73. The second-order valence-electron chi connectivity index (χ2n) is 6.85. The van der Waals surface area contributed by atoms with Crippen molar-refractivity contribution in [3.8, 4) is 5.75 Å². The third kappa shape index (κ3) is 5.28. The summed E-state index contributed by atoms with van der Waals surface area (Å²) in [6.45, 7) is -0.761. The normalized spacial score (nSPS) is 17.3. The number of hydrogen-bond donors (Lipinski definition) is 3. The number of aromatic nitrogens is 3. The van der Waals surface area contributed by atoms with Crippen molar-refractivity contribution in [2.75, 3.05) is 38.6 Å². The van der Waals surface area contributed by atoms with Crippen molar-refractivity contribution in [3.63, 3.8) is 0 Å². The number of fused-ring (bicyclic) bond motifs is 1. The van der Waals surface area contributed by atoms with Crippen LogP contribution in [0.4, 0.5) is 19.1 Å². The zero-order valence-electron chi connectivity index (χ0n) is 16.1. The number of aromatic amines is 1. The van der Waals surface area contributed by atoms with Crippen LogP contribution in [0.15, 0.2) is 18.2 Å². The van der Waals surface area contributed by atoms with E-state index in [0.29, 0.717) is 16.7 Å². The summed E-state index contributed by atoms with van der Waals surface area (Å²) in [6, 6.07) is 4.50. The minimum absolute atomic E-state index is 0.0243. The molecule has 2 aromatic rings. The fraction of sp³-hybridized carbons (Fsp3) is 0.529. The summed E-state index contributed by atoms with van der Waals surface area (Å²) in [5, 5.41) is 15.4. The van der Waals surface area contributed by atoms with Crippen LogP contribution in [0.3, 0.4) is 0 Å². The number of H-pyrrole nitrogens is 1. The second-order valence-corrected chi connectivity index (χ2v) is 6.85. The number of esters is 1. The first-order valence-electron chi connectivity index (χ1n) is 9.16. The van der Waals surface area contributed by atoms with Gasteiger partial charge in [-0.25, -0.2) is 0 Å². The van der Waals surface area contributed by atoms with Gasteiger partial charge < -0.3 is 14.7 Å². The molecule has 1 saturated heterocycles. The molecular weight excluding hydrogens is 411 g/mol. The van der Waals surface area contributed by atoms with Crippen molar-refractivity contribution in [1.82, 2.24) is 10.00 Å². The van der Waals surface area contributed by atoms with Crippen LogP contribution in [-0.4, -0.2) is 66.7 Å². The summed E-state index contributed by atoms with van der Waals surface area (Å²) in [4.78, 5) is 25.3. The first-order chi connectivity index (χ1) is 14.2. The maximum Gasteiger partial charge on any atom is 0.449 e. The lowest BCUT2D eigenvalue weighted by atomic mass is 10.3. The molecule has 1 aliphatic rings. The lowest BCUT2D eigenvalue weighted by Gasteiger charge is -2.17. The maximum absolute atomic E-state index is 12.4. The Bertz CT molecular complexity index is 981. The molecule has 1 atom stereocenters. The van der Waals surface area contributed by atoms with Crippen LogP contribution < -0.4 is 19.3 Å². The summed E-state index contributed by atoms with van der Waals surface area (Å²) in [7, 11) is 1.45. The number of nitrogens with zero attached hydrogens (tertiary/aromatic N) is 3. The molecule has 2 heterocycles. The maximum atomic E-state index is 12.4. The SMILES string of the molecule is COc1ccc2c(c1)[n+](=O)[nH]c(NCCC(=O)OC1CCN(CC(F)(F)F)C1)[n+]2O. The Morgan fingerprint density at radius 3 is 2.87 bits per heavy atom. The average molecular weight is 433 g/mol. The van der Waals surface area contributed by atoms with Crippen LogP contribution in [0, 0.1) is 4.91 Å². The van der Waals surface area contributed by atoms with Crippen molar-refractivity contribution in [1.29, 1.82) is 0 Å². The number of likely N-dealkylation sites (tertiary alicyclic amines) is 1. The van der Waals surface area contributed by atoms with Crippen molar-refractivity contribution in [3.05, 3.63) is 23.1 Å². The van der Waals surface area contributed by atoms with E-state index < -0.39 is 24.8 Å². The summed E-state index contributed by atoms with van der Waals surface area (Å²) in [5.41, 5.74) is 0.330. The molecule has 0 saturated carbocycles. The Hall–Kier alpha value is -3.09. The molecule has 1 fully saturated rings. The van der Waals surface area contributed by atoms with Crippen LogP contribution in [0.1, 0.15) is 12.8 Å².